The van der Waals surface area contributed by atoms with Gasteiger partial charge < -0.3 is 9.88 Å². The van der Waals surface area contributed by atoms with Gasteiger partial charge in [-0.25, -0.2) is 13.4 Å². The molecule has 0 aliphatic carbocycles. The van der Waals surface area contributed by atoms with Crippen LogP contribution in [-0.4, -0.2) is 36.0 Å². The van der Waals surface area contributed by atoms with Crippen molar-refractivity contribution in [2.45, 2.75) is 39.3 Å². The highest BCUT2D eigenvalue weighted by molar-refractivity contribution is 7.91. The molecule has 5 nitrogen and oxygen atoms in total. The van der Waals surface area contributed by atoms with E-state index in [9.17, 15) is 8.42 Å². The van der Waals surface area contributed by atoms with Crippen molar-refractivity contribution in [2.24, 2.45) is 5.92 Å². The van der Waals surface area contributed by atoms with Crippen LogP contribution in [0.2, 0.25) is 0 Å². The molecule has 0 aromatic carbocycles. The fourth-order valence-electron chi connectivity index (χ4n) is 2.75. The molecule has 2 atom stereocenters. The van der Waals surface area contributed by atoms with E-state index in [1.54, 1.807) is 0 Å². The lowest BCUT2D eigenvalue weighted by atomic mass is 9.96. The van der Waals surface area contributed by atoms with Crippen molar-refractivity contribution < 1.29 is 8.42 Å². The lowest BCUT2D eigenvalue weighted by Crippen LogP contribution is -2.31. The Morgan fingerprint density at radius 1 is 1.53 bits per heavy atom. The Labute approximate surface area is 115 Å². The Hall–Kier alpha value is -0.880. The van der Waals surface area contributed by atoms with Crippen molar-refractivity contribution in [3.05, 3.63) is 18.2 Å². The predicted molar refractivity (Wildman–Crippen MR) is 75.7 cm³/mol. The normalized spacial score (nSPS) is 23.6. The summed E-state index contributed by atoms with van der Waals surface area (Å²) in [4.78, 5) is 4.20. The van der Waals surface area contributed by atoms with Gasteiger partial charge in [0.15, 0.2) is 9.84 Å². The largest absolute Gasteiger partial charge is 0.333 e. The zero-order chi connectivity index (χ0) is 13.9. The second-order valence-electron chi connectivity index (χ2n) is 5.20. The summed E-state index contributed by atoms with van der Waals surface area (Å²) in [5, 5.41) is 3.50. The summed E-state index contributed by atoms with van der Waals surface area (Å²) in [5.41, 5.74) is 1.11. The van der Waals surface area contributed by atoms with Crippen LogP contribution in [0.3, 0.4) is 0 Å². The van der Waals surface area contributed by atoms with Gasteiger partial charge in [-0.3, -0.25) is 0 Å². The first-order valence-electron chi connectivity index (χ1n) is 7.01. The van der Waals surface area contributed by atoms with Crippen molar-refractivity contribution >= 4 is 9.84 Å². The van der Waals surface area contributed by atoms with E-state index >= 15 is 0 Å². The average Bonchev–Trinajstić information content (AvgIpc) is 2.96. The molecule has 1 N–H and O–H groups in total. The van der Waals surface area contributed by atoms with E-state index in [0.29, 0.717) is 11.5 Å². The molecule has 19 heavy (non-hydrogen) atoms. The number of hydrogen-bond acceptors (Lipinski definition) is 4. The summed E-state index contributed by atoms with van der Waals surface area (Å²) in [6, 6.07) is 0.0969. The van der Waals surface area contributed by atoms with Crippen LogP contribution in [0, 0.1) is 5.92 Å². The van der Waals surface area contributed by atoms with Gasteiger partial charge in [0, 0.05) is 12.7 Å². The molecule has 2 heterocycles. The van der Waals surface area contributed by atoms with Crippen molar-refractivity contribution in [3.63, 3.8) is 0 Å². The Morgan fingerprint density at radius 3 is 2.89 bits per heavy atom. The van der Waals surface area contributed by atoms with Crippen molar-refractivity contribution in [1.82, 2.24) is 14.9 Å². The lowest BCUT2D eigenvalue weighted by molar-refractivity contribution is 0.374. The van der Waals surface area contributed by atoms with Crippen molar-refractivity contribution in [3.8, 4) is 0 Å². The summed E-state index contributed by atoms with van der Waals surface area (Å²) in [7, 11) is -2.85. The second-order valence-corrected chi connectivity index (χ2v) is 7.43. The van der Waals surface area contributed by atoms with E-state index in [0.717, 1.165) is 31.6 Å². The van der Waals surface area contributed by atoms with Crippen LogP contribution in [0.15, 0.2) is 12.5 Å². The molecule has 1 fully saturated rings. The van der Waals surface area contributed by atoms with Gasteiger partial charge in [-0.2, -0.15) is 0 Å². The third kappa shape index (κ3) is 3.36. The molecular weight excluding hydrogens is 262 g/mol. The maximum atomic E-state index is 11.7. The number of nitrogens with zero attached hydrogens (tertiary/aromatic N) is 2. The number of nitrogens with one attached hydrogen (secondary N) is 1. The Balaban J connectivity index is 2.21. The topological polar surface area (TPSA) is 64.0 Å². The van der Waals surface area contributed by atoms with Gasteiger partial charge in [0.05, 0.1) is 29.6 Å². The smallest absolute Gasteiger partial charge is 0.150 e. The van der Waals surface area contributed by atoms with E-state index in [4.69, 9.17) is 0 Å². The number of aryl methyl sites for hydroxylation is 1. The molecule has 1 aliphatic rings. The quantitative estimate of drug-likeness (QED) is 0.857. The van der Waals surface area contributed by atoms with Gasteiger partial charge in [-0.15, -0.1) is 0 Å². The summed E-state index contributed by atoms with van der Waals surface area (Å²) in [6.07, 6.45) is 5.47. The number of hydrogen-bond donors (Lipinski definition) is 1. The van der Waals surface area contributed by atoms with E-state index in [-0.39, 0.29) is 12.0 Å². The van der Waals surface area contributed by atoms with Crippen LogP contribution in [0.25, 0.3) is 0 Å². The number of imidazole rings is 1. The zero-order valence-electron chi connectivity index (χ0n) is 11.7. The highest BCUT2D eigenvalue weighted by Crippen LogP contribution is 2.31. The van der Waals surface area contributed by atoms with Gasteiger partial charge in [0.25, 0.3) is 0 Å². The predicted octanol–water partition coefficient (Wildman–Crippen LogP) is 1.38. The van der Waals surface area contributed by atoms with Crippen LogP contribution in [-0.2, 0) is 16.4 Å². The Bertz CT molecular complexity index is 510. The summed E-state index contributed by atoms with van der Waals surface area (Å²) in [5.74, 6) is 0.782. The molecule has 2 rings (SSSR count). The maximum absolute atomic E-state index is 11.7. The summed E-state index contributed by atoms with van der Waals surface area (Å²) >= 11 is 0. The minimum Gasteiger partial charge on any atom is -0.333 e. The van der Waals surface area contributed by atoms with Gasteiger partial charge in [0.2, 0.25) is 0 Å². The highest BCUT2D eigenvalue weighted by atomic mass is 32.2. The van der Waals surface area contributed by atoms with E-state index in [1.807, 2.05) is 12.5 Å². The van der Waals surface area contributed by atoms with E-state index < -0.39 is 9.84 Å². The standard InChI is InChI=1S/C13H23N3O2S/c1-3-6-15-13(11-5-7-19(17,18)9-11)12-8-14-10-16(12)4-2/h8,10-11,13,15H,3-7,9H2,1-2H3. The van der Waals surface area contributed by atoms with Gasteiger partial charge in [-0.1, -0.05) is 6.92 Å². The lowest BCUT2D eigenvalue weighted by Gasteiger charge is -2.24. The van der Waals surface area contributed by atoms with Crippen LogP contribution in [0.1, 0.15) is 38.4 Å². The highest BCUT2D eigenvalue weighted by Gasteiger charge is 2.35. The molecule has 1 aromatic heterocycles. The SMILES string of the molecule is CCCNC(c1cncn1CC)C1CCS(=O)(=O)C1. The molecule has 1 aromatic rings. The summed E-state index contributed by atoms with van der Waals surface area (Å²) in [6.45, 7) is 5.95. The maximum Gasteiger partial charge on any atom is 0.150 e. The summed E-state index contributed by atoms with van der Waals surface area (Å²) < 4.78 is 25.5. The molecule has 0 amide bonds. The van der Waals surface area contributed by atoms with Gasteiger partial charge in [-0.05, 0) is 32.2 Å². The van der Waals surface area contributed by atoms with Gasteiger partial charge in [0.1, 0.15) is 0 Å². The molecular formula is C13H23N3O2S. The van der Waals surface area contributed by atoms with Crippen LogP contribution < -0.4 is 5.32 Å². The minimum absolute atomic E-state index is 0.0969. The van der Waals surface area contributed by atoms with E-state index in [2.05, 4.69) is 28.7 Å². The molecule has 2 unspecified atom stereocenters. The molecule has 0 spiro atoms. The zero-order valence-corrected chi connectivity index (χ0v) is 12.5. The first-order chi connectivity index (χ1) is 9.07. The fraction of sp³-hybridized carbons (Fsp3) is 0.769. The Morgan fingerprint density at radius 2 is 2.32 bits per heavy atom. The molecule has 1 saturated heterocycles. The molecule has 0 bridgehead atoms. The van der Waals surface area contributed by atoms with Crippen molar-refractivity contribution in [2.75, 3.05) is 18.1 Å². The monoisotopic (exact) mass is 285 g/mol. The fourth-order valence-corrected chi connectivity index (χ4v) is 4.59. The first kappa shape index (κ1) is 14.5. The third-order valence-corrected chi connectivity index (χ3v) is 5.55. The molecule has 1 aliphatic heterocycles. The van der Waals surface area contributed by atoms with Gasteiger partial charge >= 0.3 is 0 Å². The Kier molecular flexibility index (Phi) is 4.62. The number of aromatic nitrogens is 2. The van der Waals surface area contributed by atoms with Crippen molar-refractivity contribution in [1.29, 1.82) is 0 Å². The molecule has 0 saturated carbocycles. The van der Waals surface area contributed by atoms with E-state index in [1.165, 1.54) is 0 Å². The molecule has 108 valence electrons. The van der Waals surface area contributed by atoms with Crippen LogP contribution >= 0.6 is 0 Å². The number of rotatable bonds is 6. The van der Waals surface area contributed by atoms with Crippen LogP contribution in [0.5, 0.6) is 0 Å². The average molecular weight is 285 g/mol. The second kappa shape index (κ2) is 6.05. The first-order valence-corrected chi connectivity index (χ1v) is 8.83. The minimum atomic E-state index is -2.85. The molecule has 0 radical (unpaired) electrons. The molecule has 6 heteroatoms. The number of sulfone groups is 1. The van der Waals surface area contributed by atoms with Crippen LogP contribution in [0.4, 0.5) is 0 Å². The third-order valence-electron chi connectivity index (χ3n) is 3.76.